The van der Waals surface area contributed by atoms with Crippen LogP contribution in [0.2, 0.25) is 18.6 Å². The number of carbonyl (C=O) groups is 1. The predicted octanol–water partition coefficient (Wildman–Crippen LogP) is 4.54. The van der Waals surface area contributed by atoms with Crippen molar-refractivity contribution in [1.82, 2.24) is 0 Å². The fourth-order valence-electron chi connectivity index (χ4n) is 3.92. The van der Waals surface area contributed by atoms with Crippen molar-refractivity contribution >= 4 is 19.2 Å². The van der Waals surface area contributed by atoms with Crippen LogP contribution in [0.3, 0.4) is 0 Å². The Hall–Kier alpha value is -2.21. The molecule has 5 heteroatoms. The van der Waals surface area contributed by atoms with Gasteiger partial charge in [-0.3, -0.25) is 0 Å². The molecule has 4 nitrogen and oxygen atoms in total. The smallest absolute Gasteiger partial charge is 0.338 e. The largest absolute Gasteiger partial charge is 0.456 e. The molecule has 0 radical (unpaired) electrons. The Morgan fingerprint density at radius 3 is 2.24 bits per heavy atom. The van der Waals surface area contributed by atoms with E-state index in [1.807, 2.05) is 56.3 Å². The highest BCUT2D eigenvalue weighted by molar-refractivity contribution is 6.91. The van der Waals surface area contributed by atoms with Gasteiger partial charge in [0.1, 0.15) is 12.2 Å². The van der Waals surface area contributed by atoms with Crippen molar-refractivity contribution in [3.05, 3.63) is 78.9 Å². The lowest BCUT2D eigenvalue weighted by molar-refractivity contribution is -0.151. The lowest BCUT2D eigenvalue weighted by Gasteiger charge is -2.38. The molecule has 1 saturated heterocycles. The molecule has 0 saturated carbocycles. The lowest BCUT2D eigenvalue weighted by atomic mass is 10.1. The van der Waals surface area contributed by atoms with E-state index in [9.17, 15) is 4.79 Å². The molecular weight excluding hydrogens is 380 g/mol. The quantitative estimate of drug-likeness (QED) is 0.382. The second-order valence-electron chi connectivity index (χ2n) is 8.45. The van der Waals surface area contributed by atoms with Crippen LogP contribution in [0.4, 0.5) is 0 Å². The van der Waals surface area contributed by atoms with E-state index in [2.05, 4.69) is 31.8 Å². The van der Waals surface area contributed by atoms with E-state index in [1.54, 1.807) is 12.1 Å². The van der Waals surface area contributed by atoms with E-state index >= 15 is 0 Å². The zero-order valence-corrected chi connectivity index (χ0v) is 18.6. The van der Waals surface area contributed by atoms with Crippen molar-refractivity contribution in [2.45, 2.75) is 50.5 Å². The van der Waals surface area contributed by atoms with Crippen LogP contribution < -0.4 is 5.19 Å². The van der Waals surface area contributed by atoms with E-state index in [-0.39, 0.29) is 17.6 Å². The first-order valence-corrected chi connectivity index (χ1v) is 13.1. The van der Waals surface area contributed by atoms with Crippen LogP contribution in [0, 0.1) is 0 Å². The third-order valence-corrected chi connectivity index (χ3v) is 9.66. The summed E-state index contributed by atoms with van der Waals surface area (Å²) in [6, 6.07) is 19.5. The first kappa shape index (κ1) is 21.5. The Balaban J connectivity index is 1.94. The van der Waals surface area contributed by atoms with E-state index in [4.69, 9.17) is 14.2 Å². The Morgan fingerprint density at radius 2 is 1.72 bits per heavy atom. The summed E-state index contributed by atoms with van der Waals surface area (Å²) in [5, 5.41) is 1.28. The standard InChI is InChI=1S/C24H30O4Si/c1-6-21(29(4,5)19-15-11-8-12-16-19)22(20-17-26-24(2,3)28-20)27-23(25)18-13-9-7-10-14-18/h6-16,20-22H,1,17H2,2-5H3/t20-,21+,22-/m1/s1. The van der Waals surface area contributed by atoms with Crippen LogP contribution in [0.25, 0.3) is 0 Å². The maximum Gasteiger partial charge on any atom is 0.338 e. The van der Waals surface area contributed by atoms with E-state index in [1.165, 1.54) is 5.19 Å². The number of ether oxygens (including phenoxy) is 3. The number of hydrogen-bond donors (Lipinski definition) is 0. The maximum absolute atomic E-state index is 12.9. The summed E-state index contributed by atoms with van der Waals surface area (Å²) in [7, 11) is -2.08. The normalized spacial score (nSPS) is 20.6. The second-order valence-corrected chi connectivity index (χ2v) is 13.1. The van der Waals surface area contributed by atoms with Crippen molar-refractivity contribution in [3.8, 4) is 0 Å². The summed E-state index contributed by atoms with van der Waals surface area (Å²) in [5.74, 6) is -1.06. The Bertz CT molecular complexity index is 832. The van der Waals surface area contributed by atoms with Crippen molar-refractivity contribution in [1.29, 1.82) is 0 Å². The molecule has 1 aliphatic rings. The minimum Gasteiger partial charge on any atom is -0.456 e. The number of rotatable bonds is 7. The van der Waals surface area contributed by atoms with Crippen LogP contribution >= 0.6 is 0 Å². The van der Waals surface area contributed by atoms with Gasteiger partial charge in [0, 0.05) is 5.54 Å². The van der Waals surface area contributed by atoms with Gasteiger partial charge in [0.15, 0.2) is 5.79 Å². The molecule has 0 spiro atoms. The molecule has 0 N–H and O–H groups in total. The van der Waals surface area contributed by atoms with E-state index < -0.39 is 20.0 Å². The third kappa shape index (κ3) is 4.86. The molecule has 1 heterocycles. The SMILES string of the molecule is C=C[C@@H]([C@H](OC(=O)c1ccccc1)[C@H]1COC(C)(C)O1)[Si](C)(C)c1ccccc1. The summed E-state index contributed by atoms with van der Waals surface area (Å²) in [5.41, 5.74) is 0.484. The molecule has 154 valence electrons. The predicted molar refractivity (Wildman–Crippen MR) is 118 cm³/mol. The topological polar surface area (TPSA) is 44.8 Å². The molecule has 1 aliphatic heterocycles. The summed E-state index contributed by atoms with van der Waals surface area (Å²) in [6.45, 7) is 12.8. The molecule has 3 atom stereocenters. The summed E-state index contributed by atoms with van der Waals surface area (Å²) >= 11 is 0. The van der Waals surface area contributed by atoms with Crippen molar-refractivity contribution < 1.29 is 19.0 Å². The summed E-state index contributed by atoms with van der Waals surface area (Å²) < 4.78 is 18.0. The zero-order chi connectivity index (χ0) is 21.1. The van der Waals surface area contributed by atoms with Gasteiger partial charge in [0.2, 0.25) is 0 Å². The summed E-state index contributed by atoms with van der Waals surface area (Å²) in [6.07, 6.45) is 1.09. The molecule has 3 rings (SSSR count). The fourth-order valence-corrected chi connectivity index (χ4v) is 7.05. The van der Waals surface area contributed by atoms with Crippen LogP contribution in [0.5, 0.6) is 0 Å². The van der Waals surface area contributed by atoms with Crippen LogP contribution in [0.1, 0.15) is 24.2 Å². The third-order valence-electron chi connectivity index (χ3n) is 5.61. The van der Waals surface area contributed by atoms with Gasteiger partial charge < -0.3 is 14.2 Å². The first-order chi connectivity index (χ1) is 13.7. The van der Waals surface area contributed by atoms with Crippen LogP contribution in [-0.2, 0) is 14.2 Å². The monoisotopic (exact) mass is 410 g/mol. The molecule has 1 fully saturated rings. The Labute approximate surface area is 174 Å². The Kier molecular flexibility index (Phi) is 6.41. The van der Waals surface area contributed by atoms with E-state index in [0.29, 0.717) is 12.2 Å². The molecule has 29 heavy (non-hydrogen) atoms. The maximum atomic E-state index is 12.9. The highest BCUT2D eigenvalue weighted by Gasteiger charge is 2.47. The average Bonchev–Trinajstić information content (AvgIpc) is 3.08. The lowest BCUT2D eigenvalue weighted by Crippen LogP contribution is -2.53. The van der Waals surface area contributed by atoms with Gasteiger partial charge in [0.25, 0.3) is 0 Å². The molecule has 0 unspecified atom stereocenters. The first-order valence-electron chi connectivity index (χ1n) is 10.0. The molecule has 0 bridgehead atoms. The van der Waals surface area contributed by atoms with Crippen LogP contribution in [-0.4, -0.2) is 38.6 Å². The minimum absolute atomic E-state index is 0.0416. The summed E-state index contributed by atoms with van der Waals surface area (Å²) in [4.78, 5) is 12.9. The zero-order valence-electron chi connectivity index (χ0n) is 17.6. The van der Waals surface area contributed by atoms with Gasteiger partial charge >= 0.3 is 5.97 Å². The number of carbonyl (C=O) groups excluding carboxylic acids is 1. The average molecular weight is 411 g/mol. The van der Waals surface area contributed by atoms with Gasteiger partial charge in [0.05, 0.1) is 20.2 Å². The highest BCUT2D eigenvalue weighted by Crippen LogP contribution is 2.36. The van der Waals surface area contributed by atoms with Crippen LogP contribution in [0.15, 0.2) is 73.3 Å². The molecule has 0 amide bonds. The van der Waals surface area contributed by atoms with Gasteiger partial charge in [-0.05, 0) is 26.0 Å². The van der Waals surface area contributed by atoms with Gasteiger partial charge in [-0.15, -0.1) is 6.58 Å². The van der Waals surface area contributed by atoms with E-state index in [0.717, 1.165) is 0 Å². The molecule has 2 aromatic carbocycles. The number of esters is 1. The Morgan fingerprint density at radius 1 is 1.14 bits per heavy atom. The molecule has 0 aromatic heterocycles. The van der Waals surface area contributed by atoms with Gasteiger partial charge in [-0.25, -0.2) is 4.79 Å². The molecule has 0 aliphatic carbocycles. The van der Waals surface area contributed by atoms with Crippen molar-refractivity contribution in [3.63, 3.8) is 0 Å². The number of benzene rings is 2. The van der Waals surface area contributed by atoms with Crippen molar-refractivity contribution in [2.75, 3.05) is 6.61 Å². The van der Waals surface area contributed by atoms with Gasteiger partial charge in [-0.2, -0.15) is 0 Å². The highest BCUT2D eigenvalue weighted by atomic mass is 28.3. The molecule has 2 aromatic rings. The fraction of sp³-hybridized carbons (Fsp3) is 0.375. The minimum atomic E-state index is -2.08. The van der Waals surface area contributed by atoms with Gasteiger partial charge in [-0.1, -0.05) is 72.9 Å². The second kappa shape index (κ2) is 8.65. The molecular formula is C24H30O4Si. The van der Waals surface area contributed by atoms with Crippen molar-refractivity contribution in [2.24, 2.45) is 0 Å². The number of hydrogen-bond acceptors (Lipinski definition) is 4.